The third kappa shape index (κ3) is 5.92. The summed E-state index contributed by atoms with van der Waals surface area (Å²) in [4.78, 5) is 38.8. The second-order valence-electron chi connectivity index (χ2n) is 5.89. The van der Waals surface area contributed by atoms with Gasteiger partial charge in [-0.25, -0.2) is 4.79 Å². The molecule has 7 heteroatoms. The molecule has 0 aliphatic heterocycles. The van der Waals surface area contributed by atoms with Crippen LogP contribution in [0.5, 0.6) is 0 Å². The SMILES string of the molecule is CCN(CC)c1ccc(C(=O)OCC(=O)c2ccc(CNC(C)=O)s2)cc1. The molecule has 6 nitrogen and oxygen atoms in total. The van der Waals surface area contributed by atoms with Crippen molar-refractivity contribution in [2.45, 2.75) is 27.3 Å². The molecule has 1 N–H and O–H groups in total. The molecule has 144 valence electrons. The molecule has 1 amide bonds. The predicted molar refractivity (Wildman–Crippen MR) is 106 cm³/mol. The van der Waals surface area contributed by atoms with E-state index in [0.717, 1.165) is 23.7 Å². The zero-order chi connectivity index (χ0) is 19.8. The summed E-state index contributed by atoms with van der Waals surface area (Å²) < 4.78 is 5.14. The molecule has 1 aromatic carbocycles. The lowest BCUT2D eigenvalue weighted by Crippen LogP contribution is -2.21. The van der Waals surface area contributed by atoms with Crippen molar-refractivity contribution >= 4 is 34.7 Å². The van der Waals surface area contributed by atoms with E-state index in [1.54, 1.807) is 24.3 Å². The molecular formula is C20H24N2O4S. The van der Waals surface area contributed by atoms with Gasteiger partial charge in [0.15, 0.2) is 6.61 Å². The normalized spacial score (nSPS) is 10.3. The Hall–Kier alpha value is -2.67. The van der Waals surface area contributed by atoms with Crippen LogP contribution < -0.4 is 10.2 Å². The van der Waals surface area contributed by atoms with Crippen molar-refractivity contribution in [3.05, 3.63) is 51.7 Å². The highest BCUT2D eigenvalue weighted by atomic mass is 32.1. The molecule has 0 fully saturated rings. The lowest BCUT2D eigenvalue weighted by Gasteiger charge is -2.20. The number of Topliss-reactive ketones (excluding diaryl/α,β-unsaturated/α-hetero) is 1. The molecule has 0 spiro atoms. The van der Waals surface area contributed by atoms with Crippen molar-refractivity contribution in [2.24, 2.45) is 0 Å². The zero-order valence-electron chi connectivity index (χ0n) is 15.8. The summed E-state index contributed by atoms with van der Waals surface area (Å²) in [5.41, 5.74) is 1.45. The number of hydrogen-bond donors (Lipinski definition) is 1. The number of amides is 1. The average Bonchev–Trinajstić information content (AvgIpc) is 3.15. The van der Waals surface area contributed by atoms with Crippen LogP contribution in [0.4, 0.5) is 5.69 Å². The van der Waals surface area contributed by atoms with E-state index in [1.807, 2.05) is 12.1 Å². The van der Waals surface area contributed by atoms with E-state index >= 15 is 0 Å². The first-order chi connectivity index (χ1) is 12.9. The summed E-state index contributed by atoms with van der Waals surface area (Å²) in [5.74, 6) is -0.913. The maximum atomic E-state index is 12.2. The van der Waals surface area contributed by atoms with Crippen LogP contribution in [-0.2, 0) is 16.1 Å². The van der Waals surface area contributed by atoms with Gasteiger partial charge in [-0.3, -0.25) is 9.59 Å². The van der Waals surface area contributed by atoms with Crippen molar-refractivity contribution in [3.8, 4) is 0 Å². The molecule has 0 radical (unpaired) electrons. The Morgan fingerprint density at radius 1 is 1.04 bits per heavy atom. The quantitative estimate of drug-likeness (QED) is 0.527. The highest BCUT2D eigenvalue weighted by Gasteiger charge is 2.14. The van der Waals surface area contributed by atoms with Gasteiger partial charge in [0.2, 0.25) is 11.7 Å². The number of ketones is 1. The van der Waals surface area contributed by atoms with Gasteiger partial charge in [0.05, 0.1) is 17.0 Å². The minimum Gasteiger partial charge on any atom is -0.454 e. The number of rotatable bonds is 9. The molecule has 0 saturated carbocycles. The monoisotopic (exact) mass is 388 g/mol. The standard InChI is InChI=1S/C20H24N2O4S/c1-4-22(5-2)16-8-6-15(7-9-16)20(25)26-13-18(24)19-11-10-17(27-19)12-21-14(3)23/h6-11H,4-5,12-13H2,1-3H3,(H,21,23). The number of hydrogen-bond acceptors (Lipinski definition) is 6. The average molecular weight is 388 g/mol. The zero-order valence-corrected chi connectivity index (χ0v) is 16.6. The first kappa shape index (κ1) is 20.6. The van der Waals surface area contributed by atoms with Gasteiger partial charge in [0, 0.05) is 30.6 Å². The Labute approximate surface area is 163 Å². The van der Waals surface area contributed by atoms with E-state index < -0.39 is 5.97 Å². The van der Waals surface area contributed by atoms with Crippen molar-refractivity contribution in [1.82, 2.24) is 5.32 Å². The molecule has 2 aromatic rings. The van der Waals surface area contributed by atoms with E-state index in [1.165, 1.54) is 18.3 Å². The maximum absolute atomic E-state index is 12.2. The summed E-state index contributed by atoms with van der Waals surface area (Å²) in [6.07, 6.45) is 0. The predicted octanol–water partition coefficient (Wildman–Crippen LogP) is 3.27. The van der Waals surface area contributed by atoms with Gasteiger partial charge in [0.25, 0.3) is 0 Å². The van der Waals surface area contributed by atoms with Crippen LogP contribution in [0.15, 0.2) is 36.4 Å². The van der Waals surface area contributed by atoms with Crippen molar-refractivity contribution < 1.29 is 19.1 Å². The Bertz CT molecular complexity index is 795. The van der Waals surface area contributed by atoms with Crippen LogP contribution in [0.1, 0.15) is 45.7 Å². The lowest BCUT2D eigenvalue weighted by atomic mass is 10.2. The summed E-state index contributed by atoms with van der Waals surface area (Å²) in [6.45, 7) is 7.43. The molecule has 2 rings (SSSR count). The Kier molecular flexibility index (Phi) is 7.55. The smallest absolute Gasteiger partial charge is 0.338 e. The molecule has 0 aliphatic rings. The number of nitrogens with zero attached hydrogens (tertiary/aromatic N) is 1. The Morgan fingerprint density at radius 2 is 1.70 bits per heavy atom. The Balaban J connectivity index is 1.89. The van der Waals surface area contributed by atoms with Crippen LogP contribution in [0.3, 0.4) is 0 Å². The first-order valence-electron chi connectivity index (χ1n) is 8.83. The van der Waals surface area contributed by atoms with Crippen LogP contribution in [-0.4, -0.2) is 37.4 Å². The summed E-state index contributed by atoms with van der Waals surface area (Å²) >= 11 is 1.28. The Morgan fingerprint density at radius 3 is 2.30 bits per heavy atom. The molecule has 0 unspecified atom stereocenters. The van der Waals surface area contributed by atoms with Crippen LogP contribution >= 0.6 is 11.3 Å². The largest absolute Gasteiger partial charge is 0.454 e. The van der Waals surface area contributed by atoms with Crippen molar-refractivity contribution in [1.29, 1.82) is 0 Å². The molecule has 0 bridgehead atoms. The van der Waals surface area contributed by atoms with Gasteiger partial charge in [-0.05, 0) is 50.2 Å². The minimum atomic E-state index is -0.524. The molecule has 1 heterocycles. The fourth-order valence-electron chi connectivity index (χ4n) is 2.52. The van der Waals surface area contributed by atoms with Gasteiger partial charge in [-0.15, -0.1) is 11.3 Å². The van der Waals surface area contributed by atoms with E-state index in [4.69, 9.17) is 4.74 Å². The highest BCUT2D eigenvalue weighted by Crippen LogP contribution is 2.18. The summed E-state index contributed by atoms with van der Waals surface area (Å²) in [6, 6.07) is 10.6. The van der Waals surface area contributed by atoms with Gasteiger partial charge in [-0.1, -0.05) is 0 Å². The van der Waals surface area contributed by atoms with Gasteiger partial charge in [-0.2, -0.15) is 0 Å². The molecule has 0 atom stereocenters. The second-order valence-corrected chi connectivity index (χ2v) is 7.06. The van der Waals surface area contributed by atoms with Crippen molar-refractivity contribution in [3.63, 3.8) is 0 Å². The minimum absolute atomic E-state index is 0.128. The maximum Gasteiger partial charge on any atom is 0.338 e. The van der Waals surface area contributed by atoms with E-state index in [-0.39, 0.29) is 18.3 Å². The third-order valence-corrected chi connectivity index (χ3v) is 5.14. The van der Waals surface area contributed by atoms with Gasteiger partial charge < -0.3 is 15.0 Å². The van der Waals surface area contributed by atoms with Crippen LogP contribution in [0.2, 0.25) is 0 Å². The van der Waals surface area contributed by atoms with E-state index in [2.05, 4.69) is 24.1 Å². The van der Waals surface area contributed by atoms with Gasteiger partial charge in [0.1, 0.15) is 0 Å². The number of nitrogens with one attached hydrogen (secondary N) is 1. The molecular weight excluding hydrogens is 364 g/mol. The second kappa shape index (κ2) is 9.87. The first-order valence-corrected chi connectivity index (χ1v) is 9.64. The topological polar surface area (TPSA) is 75.7 Å². The fourth-order valence-corrected chi connectivity index (χ4v) is 3.39. The molecule has 0 aliphatic carbocycles. The van der Waals surface area contributed by atoms with Crippen LogP contribution in [0, 0.1) is 0 Å². The lowest BCUT2D eigenvalue weighted by molar-refractivity contribution is -0.119. The van der Waals surface area contributed by atoms with Crippen LogP contribution in [0.25, 0.3) is 0 Å². The summed E-state index contributed by atoms with van der Waals surface area (Å²) in [5, 5.41) is 2.68. The van der Waals surface area contributed by atoms with Crippen molar-refractivity contribution in [2.75, 3.05) is 24.6 Å². The summed E-state index contributed by atoms with van der Waals surface area (Å²) in [7, 11) is 0. The van der Waals surface area contributed by atoms with Gasteiger partial charge >= 0.3 is 5.97 Å². The number of ether oxygens (including phenoxy) is 1. The number of carbonyl (C=O) groups is 3. The third-order valence-electron chi connectivity index (χ3n) is 4.01. The number of benzene rings is 1. The number of thiophene rings is 1. The highest BCUT2D eigenvalue weighted by molar-refractivity contribution is 7.14. The number of anilines is 1. The number of esters is 1. The van der Waals surface area contributed by atoms with E-state index in [0.29, 0.717) is 17.0 Å². The molecule has 0 saturated heterocycles. The molecule has 27 heavy (non-hydrogen) atoms. The van der Waals surface area contributed by atoms with E-state index in [9.17, 15) is 14.4 Å². The fraction of sp³-hybridized carbons (Fsp3) is 0.350. The molecule has 1 aromatic heterocycles. The number of carbonyl (C=O) groups excluding carboxylic acids is 3.